The molecule has 1 aromatic heterocycles. The Bertz CT molecular complexity index is 1520. The Kier molecular flexibility index (Phi) is 6.99. The van der Waals surface area contributed by atoms with Gasteiger partial charge in [-0.15, -0.1) is 0 Å². The van der Waals surface area contributed by atoms with Gasteiger partial charge < -0.3 is 14.6 Å². The molecule has 36 heavy (non-hydrogen) atoms. The van der Waals surface area contributed by atoms with Gasteiger partial charge in [0.25, 0.3) is 5.91 Å². The lowest BCUT2D eigenvalue weighted by Crippen LogP contribution is -2.27. The molecule has 182 valence electrons. The number of ether oxygens (including phenoxy) is 1. The molecule has 4 aromatic carbocycles. The van der Waals surface area contributed by atoms with E-state index in [1.54, 1.807) is 0 Å². The van der Waals surface area contributed by atoms with Crippen LogP contribution in [0, 0.1) is 13.8 Å². The van der Waals surface area contributed by atoms with E-state index in [0.29, 0.717) is 19.6 Å². The molecule has 5 heteroatoms. The number of para-hydroxylation sites is 2. The van der Waals surface area contributed by atoms with Crippen LogP contribution in [0.5, 0.6) is 5.75 Å². The smallest absolute Gasteiger partial charge is 0.251 e. The molecule has 1 amide bonds. The minimum absolute atomic E-state index is 0.0426. The van der Waals surface area contributed by atoms with Gasteiger partial charge in [0.2, 0.25) is 0 Å². The Morgan fingerprint density at radius 1 is 0.917 bits per heavy atom. The summed E-state index contributed by atoms with van der Waals surface area (Å²) in [6, 6.07) is 28.6. The molecule has 0 saturated carbocycles. The third-order valence-corrected chi connectivity index (χ3v) is 6.51. The highest BCUT2D eigenvalue weighted by Crippen LogP contribution is 2.21. The summed E-state index contributed by atoms with van der Waals surface area (Å²) in [6.45, 7) is 5.96. The van der Waals surface area contributed by atoms with Crippen molar-refractivity contribution in [1.29, 1.82) is 0 Å². The molecule has 0 fully saturated rings. The Labute approximate surface area is 211 Å². The first kappa shape index (κ1) is 23.6. The van der Waals surface area contributed by atoms with E-state index in [9.17, 15) is 4.79 Å². The summed E-state index contributed by atoms with van der Waals surface area (Å²) < 4.78 is 8.31. The average Bonchev–Trinajstić information content (AvgIpc) is 3.23. The van der Waals surface area contributed by atoms with Crippen molar-refractivity contribution >= 4 is 27.7 Å². The number of carbonyl (C=O) groups excluding carboxylic acids is 1. The Morgan fingerprint density at radius 2 is 1.72 bits per heavy atom. The van der Waals surface area contributed by atoms with Crippen molar-refractivity contribution in [3.05, 3.63) is 107 Å². The molecule has 5 rings (SSSR count). The maximum atomic E-state index is 12.7. The molecule has 0 saturated heterocycles. The van der Waals surface area contributed by atoms with E-state index < -0.39 is 0 Å². The monoisotopic (exact) mass is 477 g/mol. The van der Waals surface area contributed by atoms with Crippen molar-refractivity contribution in [2.45, 2.75) is 33.2 Å². The fourth-order valence-corrected chi connectivity index (χ4v) is 4.69. The third-order valence-electron chi connectivity index (χ3n) is 6.51. The molecule has 0 aliphatic rings. The van der Waals surface area contributed by atoms with Gasteiger partial charge in [0, 0.05) is 25.1 Å². The number of aromatic nitrogens is 2. The zero-order chi connectivity index (χ0) is 24.9. The predicted octanol–water partition coefficient (Wildman–Crippen LogP) is 6.25. The molecular weight excluding hydrogens is 446 g/mol. The van der Waals surface area contributed by atoms with Crippen molar-refractivity contribution < 1.29 is 9.53 Å². The molecule has 1 N–H and O–H groups in total. The van der Waals surface area contributed by atoms with Crippen molar-refractivity contribution in [2.24, 2.45) is 0 Å². The van der Waals surface area contributed by atoms with Crippen LogP contribution in [0.3, 0.4) is 0 Å². The highest BCUT2D eigenvalue weighted by molar-refractivity contribution is 5.95. The van der Waals surface area contributed by atoms with Gasteiger partial charge in [-0.25, -0.2) is 4.98 Å². The number of rotatable bonds is 9. The maximum absolute atomic E-state index is 12.7. The number of nitrogens with one attached hydrogen (secondary N) is 1. The first-order valence-corrected chi connectivity index (χ1v) is 12.5. The second-order valence-corrected chi connectivity index (χ2v) is 9.20. The van der Waals surface area contributed by atoms with E-state index >= 15 is 0 Å². The van der Waals surface area contributed by atoms with Crippen LogP contribution in [0.1, 0.15) is 33.7 Å². The van der Waals surface area contributed by atoms with Crippen LogP contribution in [0.25, 0.3) is 21.8 Å². The molecule has 1 heterocycles. The second kappa shape index (κ2) is 10.6. The fraction of sp³-hybridized carbons (Fsp3) is 0.226. The number of fused-ring (bicyclic) bond motifs is 2. The quantitative estimate of drug-likeness (QED) is 0.255. The molecule has 0 spiro atoms. The van der Waals surface area contributed by atoms with Gasteiger partial charge in [-0.1, -0.05) is 60.2 Å². The lowest BCUT2D eigenvalue weighted by molar-refractivity contribution is 0.0953. The van der Waals surface area contributed by atoms with Gasteiger partial charge in [0.15, 0.2) is 0 Å². The van der Waals surface area contributed by atoms with E-state index in [1.165, 1.54) is 10.8 Å². The van der Waals surface area contributed by atoms with E-state index in [1.807, 2.05) is 68.4 Å². The molecular formula is C31H31N3O2. The third kappa shape index (κ3) is 5.25. The van der Waals surface area contributed by atoms with Crippen LogP contribution in [0.15, 0.2) is 84.9 Å². The molecule has 0 bridgehead atoms. The predicted molar refractivity (Wildman–Crippen MR) is 146 cm³/mol. The van der Waals surface area contributed by atoms with Crippen molar-refractivity contribution in [3.8, 4) is 5.75 Å². The topological polar surface area (TPSA) is 56.2 Å². The van der Waals surface area contributed by atoms with Crippen LogP contribution >= 0.6 is 0 Å². The van der Waals surface area contributed by atoms with E-state index in [2.05, 4.69) is 40.2 Å². The van der Waals surface area contributed by atoms with E-state index in [-0.39, 0.29) is 5.91 Å². The van der Waals surface area contributed by atoms with E-state index in [0.717, 1.165) is 52.3 Å². The number of benzene rings is 4. The van der Waals surface area contributed by atoms with Gasteiger partial charge in [0.1, 0.15) is 11.6 Å². The highest BCUT2D eigenvalue weighted by atomic mass is 16.5. The minimum Gasteiger partial charge on any atom is -0.494 e. The van der Waals surface area contributed by atoms with Crippen LogP contribution in [0.4, 0.5) is 0 Å². The van der Waals surface area contributed by atoms with Gasteiger partial charge in [-0.05, 0) is 66.9 Å². The van der Waals surface area contributed by atoms with E-state index in [4.69, 9.17) is 9.72 Å². The first-order valence-electron chi connectivity index (χ1n) is 12.5. The first-order chi connectivity index (χ1) is 17.6. The van der Waals surface area contributed by atoms with Crippen molar-refractivity contribution in [2.75, 3.05) is 13.2 Å². The summed E-state index contributed by atoms with van der Waals surface area (Å²) in [5.74, 6) is 1.82. The zero-order valence-electron chi connectivity index (χ0n) is 20.8. The van der Waals surface area contributed by atoms with Gasteiger partial charge in [-0.3, -0.25) is 4.79 Å². The molecule has 0 radical (unpaired) electrons. The van der Waals surface area contributed by atoms with Crippen LogP contribution < -0.4 is 10.1 Å². The Hall–Kier alpha value is -4.12. The number of carbonyl (C=O) groups is 1. The molecule has 0 aliphatic heterocycles. The summed E-state index contributed by atoms with van der Waals surface area (Å²) in [4.78, 5) is 17.5. The number of nitrogens with zero attached hydrogens (tertiary/aromatic N) is 2. The van der Waals surface area contributed by atoms with Crippen molar-refractivity contribution in [1.82, 2.24) is 14.9 Å². The SMILES string of the molecule is Cc1ccc(C(=O)NCCc2nc3ccccc3n2CCCOc2ccc3ccccc3c2)c(C)c1. The fourth-order valence-electron chi connectivity index (χ4n) is 4.69. The van der Waals surface area contributed by atoms with Gasteiger partial charge in [0.05, 0.1) is 17.6 Å². The number of amides is 1. The summed E-state index contributed by atoms with van der Waals surface area (Å²) in [7, 11) is 0. The normalized spacial score (nSPS) is 11.2. The second-order valence-electron chi connectivity index (χ2n) is 9.20. The summed E-state index contributed by atoms with van der Waals surface area (Å²) in [6.07, 6.45) is 1.52. The van der Waals surface area contributed by atoms with Crippen molar-refractivity contribution in [3.63, 3.8) is 0 Å². The largest absolute Gasteiger partial charge is 0.494 e. The number of imidazole rings is 1. The van der Waals surface area contributed by atoms with Crippen LogP contribution in [0.2, 0.25) is 0 Å². The molecule has 5 nitrogen and oxygen atoms in total. The number of hydrogen-bond acceptors (Lipinski definition) is 3. The average molecular weight is 478 g/mol. The molecule has 0 unspecified atom stereocenters. The molecule has 0 aliphatic carbocycles. The molecule has 5 aromatic rings. The number of aryl methyl sites for hydroxylation is 3. The lowest BCUT2D eigenvalue weighted by Gasteiger charge is -2.12. The summed E-state index contributed by atoms with van der Waals surface area (Å²) in [5, 5.41) is 5.46. The zero-order valence-corrected chi connectivity index (χ0v) is 20.8. The lowest BCUT2D eigenvalue weighted by atomic mass is 10.1. The number of hydrogen-bond donors (Lipinski definition) is 1. The Morgan fingerprint density at radius 3 is 2.58 bits per heavy atom. The molecule has 0 atom stereocenters. The van der Waals surface area contributed by atoms with Crippen LogP contribution in [-0.4, -0.2) is 28.6 Å². The highest BCUT2D eigenvalue weighted by Gasteiger charge is 2.12. The Balaban J connectivity index is 1.21. The minimum atomic E-state index is -0.0426. The summed E-state index contributed by atoms with van der Waals surface area (Å²) in [5.41, 5.74) is 4.95. The standard InChI is InChI=1S/C31H31N3O2/c1-22-12-15-27(23(2)20-22)31(35)32-17-16-30-33-28-10-5-6-11-29(28)34(30)18-7-19-36-26-14-13-24-8-3-4-9-25(24)21-26/h3-6,8-15,20-21H,7,16-19H2,1-2H3,(H,32,35). The van der Waals surface area contributed by atoms with Crippen LogP contribution in [-0.2, 0) is 13.0 Å². The van der Waals surface area contributed by atoms with Gasteiger partial charge >= 0.3 is 0 Å². The summed E-state index contributed by atoms with van der Waals surface area (Å²) >= 11 is 0. The van der Waals surface area contributed by atoms with Gasteiger partial charge in [-0.2, -0.15) is 0 Å². The maximum Gasteiger partial charge on any atom is 0.251 e.